The highest BCUT2D eigenvalue weighted by Gasteiger charge is 2.12. The fourth-order valence-corrected chi connectivity index (χ4v) is 3.19. The number of sulfonamides is 1. The molecule has 135 valence electrons. The lowest BCUT2D eigenvalue weighted by molar-refractivity contribution is 0.457. The minimum absolute atomic E-state index is 0.0335. The van der Waals surface area contributed by atoms with Gasteiger partial charge in [-0.15, -0.1) is 5.14 Å². The quantitative estimate of drug-likeness (QED) is 0.524. The molecular formula is C18H13N4O4S. The molecule has 0 amide bonds. The molecular weight excluding hydrogens is 368 g/mol. The Labute approximate surface area is 154 Å². The van der Waals surface area contributed by atoms with Crippen LogP contribution in [0.5, 0.6) is 5.88 Å². The number of aromatic hydroxyl groups is 1. The number of oxazole rings is 1. The van der Waals surface area contributed by atoms with Gasteiger partial charge in [0.05, 0.1) is 22.3 Å². The van der Waals surface area contributed by atoms with Crippen molar-refractivity contribution in [3.63, 3.8) is 0 Å². The lowest BCUT2D eigenvalue weighted by atomic mass is 10.1. The summed E-state index contributed by atoms with van der Waals surface area (Å²) in [6, 6.07) is 11.1. The van der Waals surface area contributed by atoms with Crippen molar-refractivity contribution in [2.75, 3.05) is 0 Å². The van der Waals surface area contributed by atoms with Gasteiger partial charge in [0.25, 0.3) is 10.0 Å². The monoisotopic (exact) mass is 381 g/mol. The number of nitrogens with one attached hydrogen (secondary N) is 2. The number of aromatic amines is 1. The van der Waals surface area contributed by atoms with Crippen LogP contribution in [0.1, 0.15) is 5.56 Å². The number of hydrogen-bond acceptors (Lipinski definition) is 6. The van der Waals surface area contributed by atoms with E-state index >= 15 is 0 Å². The Morgan fingerprint density at radius 1 is 1.19 bits per heavy atom. The smallest absolute Gasteiger partial charge is 0.254 e. The van der Waals surface area contributed by atoms with E-state index in [0.717, 1.165) is 16.5 Å². The van der Waals surface area contributed by atoms with E-state index in [9.17, 15) is 13.5 Å². The van der Waals surface area contributed by atoms with E-state index in [4.69, 9.17) is 9.56 Å². The van der Waals surface area contributed by atoms with E-state index in [2.05, 4.69) is 15.0 Å². The van der Waals surface area contributed by atoms with Crippen LogP contribution in [0.2, 0.25) is 0 Å². The summed E-state index contributed by atoms with van der Waals surface area (Å²) in [5, 5.41) is 18.0. The topological polar surface area (TPSA) is 132 Å². The molecule has 2 aromatic heterocycles. The summed E-state index contributed by atoms with van der Waals surface area (Å²) in [4.78, 5) is 11.0. The molecule has 9 heteroatoms. The van der Waals surface area contributed by atoms with E-state index in [-0.39, 0.29) is 10.8 Å². The van der Waals surface area contributed by atoms with Gasteiger partial charge in [0.2, 0.25) is 0 Å². The first-order valence-corrected chi connectivity index (χ1v) is 9.27. The van der Waals surface area contributed by atoms with Crippen LogP contribution in [-0.4, -0.2) is 29.7 Å². The molecule has 0 aliphatic carbocycles. The van der Waals surface area contributed by atoms with Crippen molar-refractivity contribution < 1.29 is 17.9 Å². The minimum atomic E-state index is -4.00. The third-order valence-electron chi connectivity index (χ3n) is 4.02. The maximum atomic E-state index is 11.2. The van der Waals surface area contributed by atoms with E-state index in [0.29, 0.717) is 17.0 Å². The van der Waals surface area contributed by atoms with Crippen LogP contribution in [0.25, 0.3) is 22.2 Å². The Morgan fingerprint density at radius 3 is 2.63 bits per heavy atom. The van der Waals surface area contributed by atoms with Crippen LogP contribution in [0.3, 0.4) is 0 Å². The number of benzene rings is 2. The van der Waals surface area contributed by atoms with Crippen molar-refractivity contribution in [3.8, 4) is 17.2 Å². The summed E-state index contributed by atoms with van der Waals surface area (Å²) < 4.78 is 27.7. The highest BCUT2D eigenvalue weighted by atomic mass is 32.2. The molecule has 3 N–H and O–H groups in total. The Balaban J connectivity index is 1.71. The summed E-state index contributed by atoms with van der Waals surface area (Å²) >= 11 is 0. The second-order valence-electron chi connectivity index (χ2n) is 5.77. The average molecular weight is 381 g/mol. The summed E-state index contributed by atoms with van der Waals surface area (Å²) in [7, 11) is -4.00. The predicted octanol–water partition coefficient (Wildman–Crippen LogP) is 3.25. The molecule has 0 aliphatic rings. The van der Waals surface area contributed by atoms with Gasteiger partial charge in [0, 0.05) is 22.7 Å². The molecule has 2 heterocycles. The zero-order valence-corrected chi connectivity index (χ0v) is 14.6. The summed E-state index contributed by atoms with van der Waals surface area (Å²) in [5.41, 5.74) is 2.51. The van der Waals surface area contributed by atoms with Crippen molar-refractivity contribution in [1.82, 2.24) is 15.1 Å². The number of aromatic nitrogens is 2. The zero-order valence-electron chi connectivity index (χ0n) is 13.7. The van der Waals surface area contributed by atoms with Crippen molar-refractivity contribution in [2.45, 2.75) is 4.90 Å². The number of aliphatic imine (C=N–C) groups is 1. The number of rotatable bonds is 4. The molecule has 2 aromatic carbocycles. The second kappa shape index (κ2) is 6.38. The highest BCUT2D eigenvalue weighted by Crippen LogP contribution is 2.30. The number of nitrogens with zero attached hydrogens (tertiary/aromatic N) is 2. The first-order chi connectivity index (χ1) is 12.9. The molecule has 0 atom stereocenters. The largest absolute Gasteiger partial charge is 0.494 e. The Bertz CT molecular complexity index is 1240. The lowest BCUT2D eigenvalue weighted by Crippen LogP contribution is -1.99. The van der Waals surface area contributed by atoms with Gasteiger partial charge in [-0.2, -0.15) is 0 Å². The Hall–Kier alpha value is -3.43. The lowest BCUT2D eigenvalue weighted by Gasteiger charge is -1.99. The van der Waals surface area contributed by atoms with Crippen molar-refractivity contribution in [3.05, 3.63) is 60.6 Å². The maximum absolute atomic E-state index is 11.2. The van der Waals surface area contributed by atoms with Gasteiger partial charge in [0.1, 0.15) is 0 Å². The molecule has 0 fully saturated rings. The van der Waals surface area contributed by atoms with Gasteiger partial charge in [-0.05, 0) is 42.5 Å². The van der Waals surface area contributed by atoms with Gasteiger partial charge < -0.3 is 14.5 Å². The Morgan fingerprint density at radius 2 is 1.96 bits per heavy atom. The standard InChI is InChI=1S/C18H13N4O4S/c19-27(24,25)13-4-2-12(3-5-13)21-8-15-14-7-11(17-9-20-10-26-17)1-6-16(14)22-18(15)23/h1-10,19,22-23H. The van der Waals surface area contributed by atoms with Crippen LogP contribution in [0.15, 0.2) is 69.4 Å². The fraction of sp³-hybridized carbons (Fsp3) is 0. The molecule has 0 aliphatic heterocycles. The SMILES string of the molecule is [NH]S(=O)(=O)c1ccc(N=Cc2c(O)[nH]c3ccc(-c4cnco4)cc23)cc1. The molecule has 0 spiro atoms. The molecule has 1 radical (unpaired) electrons. The predicted molar refractivity (Wildman–Crippen MR) is 99.4 cm³/mol. The number of fused-ring (bicyclic) bond motifs is 1. The van der Waals surface area contributed by atoms with Crippen molar-refractivity contribution in [1.29, 1.82) is 0 Å². The molecule has 0 bridgehead atoms. The second-order valence-corrected chi connectivity index (χ2v) is 7.25. The fourth-order valence-electron chi connectivity index (χ4n) is 2.69. The summed E-state index contributed by atoms with van der Waals surface area (Å²) in [6.45, 7) is 0. The van der Waals surface area contributed by atoms with Crippen LogP contribution in [0.4, 0.5) is 5.69 Å². The van der Waals surface area contributed by atoms with Crippen LogP contribution < -0.4 is 5.14 Å². The van der Waals surface area contributed by atoms with Crippen LogP contribution >= 0.6 is 0 Å². The highest BCUT2D eigenvalue weighted by molar-refractivity contribution is 7.88. The summed E-state index contributed by atoms with van der Waals surface area (Å²) in [6.07, 6.45) is 4.43. The molecule has 4 aromatic rings. The van der Waals surface area contributed by atoms with E-state index < -0.39 is 10.0 Å². The van der Waals surface area contributed by atoms with E-state index in [1.165, 1.54) is 36.9 Å². The van der Waals surface area contributed by atoms with Gasteiger partial charge in [-0.25, -0.2) is 13.4 Å². The molecule has 0 saturated heterocycles. The van der Waals surface area contributed by atoms with Gasteiger partial charge in [-0.1, -0.05) is 0 Å². The van der Waals surface area contributed by atoms with E-state index in [1.807, 2.05) is 18.2 Å². The first-order valence-electron chi connectivity index (χ1n) is 7.79. The van der Waals surface area contributed by atoms with Gasteiger partial charge in [0.15, 0.2) is 18.0 Å². The van der Waals surface area contributed by atoms with Gasteiger partial charge >= 0.3 is 0 Å². The molecule has 4 rings (SSSR count). The first kappa shape index (κ1) is 17.0. The van der Waals surface area contributed by atoms with Crippen LogP contribution in [0, 0.1) is 0 Å². The molecule has 27 heavy (non-hydrogen) atoms. The maximum Gasteiger partial charge on any atom is 0.254 e. The minimum Gasteiger partial charge on any atom is -0.494 e. The third kappa shape index (κ3) is 3.33. The third-order valence-corrected chi connectivity index (χ3v) is 4.92. The summed E-state index contributed by atoms with van der Waals surface area (Å²) in [5.74, 6) is 0.571. The normalized spacial score (nSPS) is 12.2. The van der Waals surface area contributed by atoms with Crippen molar-refractivity contribution >= 4 is 32.8 Å². The zero-order chi connectivity index (χ0) is 19.0. The number of H-pyrrole nitrogens is 1. The molecule has 0 saturated carbocycles. The van der Waals surface area contributed by atoms with Crippen LogP contribution in [-0.2, 0) is 10.0 Å². The molecule has 8 nitrogen and oxygen atoms in total. The average Bonchev–Trinajstić information content (AvgIpc) is 3.26. The van der Waals surface area contributed by atoms with E-state index in [1.54, 1.807) is 6.20 Å². The van der Waals surface area contributed by atoms with Crippen molar-refractivity contribution in [2.24, 2.45) is 4.99 Å². The Kier molecular flexibility index (Phi) is 4.02. The van der Waals surface area contributed by atoms with Gasteiger partial charge in [-0.3, -0.25) is 4.99 Å². The number of hydrogen-bond donors (Lipinski definition) is 2. The molecule has 0 unspecified atom stereocenters.